The van der Waals surface area contributed by atoms with Gasteiger partial charge in [-0.3, -0.25) is 24.8 Å². The fourth-order valence-electron chi connectivity index (χ4n) is 2.86. The number of aromatic amines is 1. The molecule has 0 unspecified atom stereocenters. The number of rotatable bonds is 4. The minimum absolute atomic E-state index is 0.0903. The molecule has 3 amide bonds. The van der Waals surface area contributed by atoms with Crippen LogP contribution in [0, 0.1) is 0 Å². The van der Waals surface area contributed by atoms with E-state index in [1.165, 1.54) is 0 Å². The van der Waals surface area contributed by atoms with Crippen molar-refractivity contribution in [2.75, 3.05) is 10.6 Å². The highest BCUT2D eigenvalue weighted by Crippen LogP contribution is 2.19. The molecule has 0 aliphatic carbocycles. The van der Waals surface area contributed by atoms with Crippen LogP contribution in [0.4, 0.5) is 11.6 Å². The molecule has 1 atom stereocenters. The molecule has 0 saturated heterocycles. The number of nitrogens with zero attached hydrogens (tertiary/aromatic N) is 2. The Hall–Kier alpha value is -4.01. The fourth-order valence-corrected chi connectivity index (χ4v) is 2.86. The molecule has 9 heteroatoms. The summed E-state index contributed by atoms with van der Waals surface area (Å²) in [5.41, 5.74) is 1.58. The molecule has 0 fully saturated rings. The third kappa shape index (κ3) is 3.58. The second-order valence-electron chi connectivity index (χ2n) is 6.19. The molecule has 4 N–H and O–H groups in total. The van der Waals surface area contributed by atoms with Gasteiger partial charge in [-0.2, -0.15) is 4.98 Å². The zero-order valence-corrected chi connectivity index (χ0v) is 14.6. The maximum Gasteiger partial charge on any atom is 0.254 e. The monoisotopic (exact) mass is 376 g/mol. The van der Waals surface area contributed by atoms with Crippen molar-refractivity contribution < 1.29 is 14.4 Å². The Bertz CT molecular complexity index is 1050. The van der Waals surface area contributed by atoms with Gasteiger partial charge in [0, 0.05) is 5.56 Å². The summed E-state index contributed by atoms with van der Waals surface area (Å²) in [4.78, 5) is 41.2. The zero-order valence-electron chi connectivity index (χ0n) is 14.6. The van der Waals surface area contributed by atoms with E-state index >= 15 is 0 Å². The lowest BCUT2D eigenvalue weighted by atomic mass is 10.1. The average Bonchev–Trinajstić information content (AvgIpc) is 3.12. The van der Waals surface area contributed by atoms with E-state index in [0.29, 0.717) is 17.1 Å². The van der Waals surface area contributed by atoms with Crippen LogP contribution >= 0.6 is 0 Å². The highest BCUT2D eigenvalue weighted by molar-refractivity contribution is 6.11. The number of hydrogen-bond donors (Lipinski definition) is 4. The number of carbonyl (C=O) groups is 3. The van der Waals surface area contributed by atoms with E-state index in [4.69, 9.17) is 0 Å². The molecule has 140 valence electrons. The summed E-state index contributed by atoms with van der Waals surface area (Å²) in [5, 5.41) is 14.5. The molecule has 0 bridgehead atoms. The molecule has 2 heterocycles. The van der Waals surface area contributed by atoms with Gasteiger partial charge in [0.15, 0.2) is 5.82 Å². The molecule has 9 nitrogen and oxygen atoms in total. The first-order valence-corrected chi connectivity index (χ1v) is 8.58. The lowest BCUT2D eigenvalue weighted by Gasteiger charge is -2.13. The summed E-state index contributed by atoms with van der Waals surface area (Å²) in [6, 6.07) is 15.0. The number of carbonyl (C=O) groups excluding carboxylic acids is 3. The topological polar surface area (TPSA) is 129 Å². The molecule has 0 radical (unpaired) electrons. The third-order valence-corrected chi connectivity index (χ3v) is 4.22. The summed E-state index contributed by atoms with van der Waals surface area (Å²) >= 11 is 0. The van der Waals surface area contributed by atoms with E-state index in [2.05, 4.69) is 31.1 Å². The molecule has 1 aliphatic rings. The smallest absolute Gasteiger partial charge is 0.254 e. The average molecular weight is 376 g/mol. The molecule has 3 aromatic rings. The van der Waals surface area contributed by atoms with E-state index < -0.39 is 23.8 Å². The number of anilines is 2. The summed E-state index contributed by atoms with van der Waals surface area (Å²) in [7, 11) is 0. The molecule has 4 rings (SSSR count). The van der Waals surface area contributed by atoms with Crippen molar-refractivity contribution in [3.8, 4) is 11.4 Å². The number of H-pyrrole nitrogens is 1. The minimum atomic E-state index is -1.01. The Morgan fingerprint density at radius 1 is 1.04 bits per heavy atom. The predicted octanol–water partition coefficient (Wildman–Crippen LogP) is 1.55. The van der Waals surface area contributed by atoms with Crippen LogP contribution in [0.25, 0.3) is 11.4 Å². The van der Waals surface area contributed by atoms with E-state index in [9.17, 15) is 14.4 Å². The van der Waals surface area contributed by atoms with Gasteiger partial charge in [0.1, 0.15) is 6.04 Å². The summed E-state index contributed by atoms with van der Waals surface area (Å²) in [5.74, 6) is -0.784. The standard InChI is InChI=1S/C19H16N6O3/c26-15(22-19-23-16(24-25-19)11-6-2-1-3-7-11)10-14-18(28)20-13-9-5-4-8-12(13)17(27)21-14/h1-9,14H,10H2,(H,20,28)(H,21,27)(H2,22,23,24,25,26)/t14-/m1/s1. The quantitative estimate of drug-likeness (QED) is 0.549. The first-order chi connectivity index (χ1) is 13.6. The zero-order chi connectivity index (χ0) is 19.5. The Kier molecular flexibility index (Phi) is 4.55. The van der Waals surface area contributed by atoms with Gasteiger partial charge in [0.05, 0.1) is 17.7 Å². The molecule has 2 aromatic carbocycles. The van der Waals surface area contributed by atoms with E-state index in [-0.39, 0.29) is 12.4 Å². The van der Waals surface area contributed by atoms with Crippen molar-refractivity contribution in [2.24, 2.45) is 0 Å². The second-order valence-corrected chi connectivity index (χ2v) is 6.19. The van der Waals surface area contributed by atoms with Crippen LogP contribution in [-0.4, -0.2) is 38.9 Å². The highest BCUT2D eigenvalue weighted by Gasteiger charge is 2.29. The number of nitrogens with one attached hydrogen (secondary N) is 4. The summed E-state index contributed by atoms with van der Waals surface area (Å²) in [6.07, 6.45) is -0.249. The minimum Gasteiger partial charge on any atom is -0.340 e. The molecule has 1 aromatic heterocycles. The SMILES string of the molecule is O=C(C[C@H]1NC(=O)c2ccccc2NC1=O)Nc1n[nH]c(-c2ccccc2)n1. The molecule has 28 heavy (non-hydrogen) atoms. The maximum atomic E-state index is 12.4. The lowest BCUT2D eigenvalue weighted by molar-refractivity contribution is -0.122. The van der Waals surface area contributed by atoms with Crippen LogP contribution in [-0.2, 0) is 9.59 Å². The first kappa shape index (κ1) is 17.4. The van der Waals surface area contributed by atoms with Gasteiger partial charge < -0.3 is 10.6 Å². The number of fused-ring (bicyclic) bond motifs is 1. The summed E-state index contributed by atoms with van der Waals surface area (Å²) < 4.78 is 0. The number of aromatic nitrogens is 3. The van der Waals surface area contributed by atoms with Crippen molar-refractivity contribution >= 4 is 29.4 Å². The van der Waals surface area contributed by atoms with E-state index in [0.717, 1.165) is 5.56 Å². The van der Waals surface area contributed by atoms with Gasteiger partial charge >= 0.3 is 0 Å². The van der Waals surface area contributed by atoms with Crippen molar-refractivity contribution in [3.05, 3.63) is 60.2 Å². The lowest BCUT2D eigenvalue weighted by Crippen LogP contribution is -2.43. The number of amides is 3. The summed E-state index contributed by atoms with van der Waals surface area (Å²) in [6.45, 7) is 0. The Balaban J connectivity index is 1.42. The van der Waals surface area contributed by atoms with Crippen molar-refractivity contribution in [1.29, 1.82) is 0 Å². The maximum absolute atomic E-state index is 12.4. The van der Waals surface area contributed by atoms with Gasteiger partial charge in [-0.25, -0.2) is 0 Å². The van der Waals surface area contributed by atoms with Gasteiger partial charge in [0.25, 0.3) is 5.91 Å². The second kappa shape index (κ2) is 7.31. The van der Waals surface area contributed by atoms with Crippen molar-refractivity contribution in [3.63, 3.8) is 0 Å². The molecule has 0 saturated carbocycles. The molecule has 1 aliphatic heterocycles. The normalized spacial score (nSPS) is 15.8. The highest BCUT2D eigenvalue weighted by atomic mass is 16.2. The van der Waals surface area contributed by atoms with Crippen molar-refractivity contribution in [2.45, 2.75) is 12.5 Å². The van der Waals surface area contributed by atoms with Crippen LogP contribution in [0.1, 0.15) is 16.8 Å². The third-order valence-electron chi connectivity index (χ3n) is 4.22. The number of benzene rings is 2. The van der Waals surface area contributed by atoms with E-state index in [1.54, 1.807) is 24.3 Å². The van der Waals surface area contributed by atoms with Gasteiger partial charge in [-0.05, 0) is 12.1 Å². The number of para-hydroxylation sites is 1. The Morgan fingerprint density at radius 3 is 2.61 bits per heavy atom. The van der Waals surface area contributed by atoms with Crippen LogP contribution in [0.2, 0.25) is 0 Å². The van der Waals surface area contributed by atoms with Crippen LogP contribution in [0.3, 0.4) is 0 Å². The molecule has 0 spiro atoms. The van der Waals surface area contributed by atoms with Gasteiger partial charge in [0.2, 0.25) is 17.8 Å². The van der Waals surface area contributed by atoms with Crippen LogP contribution < -0.4 is 16.0 Å². The van der Waals surface area contributed by atoms with Crippen LogP contribution in [0.5, 0.6) is 0 Å². The fraction of sp³-hybridized carbons (Fsp3) is 0.105. The predicted molar refractivity (Wildman–Crippen MR) is 101 cm³/mol. The molecular formula is C19H16N6O3. The van der Waals surface area contributed by atoms with Crippen molar-refractivity contribution in [1.82, 2.24) is 20.5 Å². The Labute approximate surface area is 159 Å². The largest absolute Gasteiger partial charge is 0.340 e. The molecular weight excluding hydrogens is 360 g/mol. The first-order valence-electron chi connectivity index (χ1n) is 8.58. The Morgan fingerprint density at radius 2 is 1.79 bits per heavy atom. The van der Waals surface area contributed by atoms with Gasteiger partial charge in [-0.15, -0.1) is 5.10 Å². The van der Waals surface area contributed by atoms with Gasteiger partial charge in [-0.1, -0.05) is 42.5 Å². The van der Waals surface area contributed by atoms with E-state index in [1.807, 2.05) is 30.3 Å². The number of hydrogen-bond acceptors (Lipinski definition) is 5. The van der Waals surface area contributed by atoms with Crippen LogP contribution in [0.15, 0.2) is 54.6 Å².